The highest BCUT2D eigenvalue weighted by molar-refractivity contribution is 5.31. The van der Waals surface area contributed by atoms with E-state index in [-0.39, 0.29) is 0 Å². The second-order valence-corrected chi connectivity index (χ2v) is 4.43. The predicted molar refractivity (Wildman–Crippen MR) is 56.2 cm³/mol. The van der Waals surface area contributed by atoms with Gasteiger partial charge in [0.1, 0.15) is 0 Å². The molecule has 1 aromatic rings. The van der Waals surface area contributed by atoms with E-state index in [0.717, 1.165) is 18.9 Å². The molecule has 1 aliphatic carbocycles. The lowest BCUT2D eigenvalue weighted by atomic mass is 9.77. The van der Waals surface area contributed by atoms with Crippen LogP contribution in [0.15, 0.2) is 24.3 Å². The quantitative estimate of drug-likeness (QED) is 0.658. The van der Waals surface area contributed by atoms with Crippen molar-refractivity contribution in [1.29, 1.82) is 0 Å². The first-order valence-corrected chi connectivity index (χ1v) is 5.64. The Bertz CT molecular complexity index is 328. The summed E-state index contributed by atoms with van der Waals surface area (Å²) in [5.41, 5.74) is 2.97. The largest absolute Gasteiger partial charge is 0.373 e. The van der Waals surface area contributed by atoms with Gasteiger partial charge in [0, 0.05) is 0 Å². The Labute approximate surface area is 85.1 Å². The highest BCUT2D eigenvalue weighted by Crippen LogP contribution is 2.42. The summed E-state index contributed by atoms with van der Waals surface area (Å²) >= 11 is 0. The van der Waals surface area contributed by atoms with E-state index >= 15 is 0 Å². The molecule has 0 aromatic heterocycles. The van der Waals surface area contributed by atoms with E-state index in [2.05, 4.69) is 24.3 Å². The van der Waals surface area contributed by atoms with Crippen LogP contribution in [0.2, 0.25) is 0 Å². The van der Waals surface area contributed by atoms with Crippen LogP contribution in [0.3, 0.4) is 0 Å². The average Bonchev–Trinajstić information content (AvgIpc) is 2.16. The fourth-order valence-electron chi connectivity index (χ4n) is 2.56. The molecule has 1 aliphatic heterocycles. The van der Waals surface area contributed by atoms with Crippen LogP contribution in [0.5, 0.6) is 0 Å². The number of ether oxygens (including phenoxy) is 1. The van der Waals surface area contributed by atoms with E-state index in [1.165, 1.54) is 30.4 Å². The molecule has 74 valence electrons. The Hall–Kier alpha value is -0.820. The zero-order chi connectivity index (χ0) is 9.38. The molecule has 3 rings (SSSR count). The van der Waals surface area contributed by atoms with Crippen LogP contribution in [-0.2, 0) is 11.2 Å². The van der Waals surface area contributed by atoms with Crippen molar-refractivity contribution >= 4 is 0 Å². The summed E-state index contributed by atoms with van der Waals surface area (Å²) in [5.74, 6) is 0.802. The summed E-state index contributed by atoms with van der Waals surface area (Å²) in [6.45, 7) is 0.915. The summed E-state index contributed by atoms with van der Waals surface area (Å²) in [4.78, 5) is 0. The molecule has 1 fully saturated rings. The van der Waals surface area contributed by atoms with Gasteiger partial charge in [-0.3, -0.25) is 0 Å². The van der Waals surface area contributed by atoms with Crippen molar-refractivity contribution in [3.63, 3.8) is 0 Å². The lowest BCUT2D eigenvalue weighted by molar-refractivity contribution is -0.0240. The highest BCUT2D eigenvalue weighted by atomic mass is 16.5. The summed E-state index contributed by atoms with van der Waals surface area (Å²) in [7, 11) is 0. The Morgan fingerprint density at radius 3 is 2.79 bits per heavy atom. The van der Waals surface area contributed by atoms with Crippen molar-refractivity contribution in [2.75, 3.05) is 6.61 Å². The zero-order valence-corrected chi connectivity index (χ0v) is 8.41. The normalized spacial score (nSPS) is 26.7. The number of fused-ring (bicyclic) bond motifs is 1. The molecule has 1 nitrogen and oxygen atoms in total. The molecule has 0 unspecified atom stereocenters. The lowest BCUT2D eigenvalue weighted by Gasteiger charge is -2.37. The number of benzene rings is 1. The molecule has 0 amide bonds. The lowest BCUT2D eigenvalue weighted by Crippen LogP contribution is -2.27. The van der Waals surface area contributed by atoms with Gasteiger partial charge < -0.3 is 4.74 Å². The van der Waals surface area contributed by atoms with E-state index in [1.807, 2.05) is 0 Å². The first kappa shape index (κ1) is 8.49. The number of hydrogen-bond acceptors (Lipinski definition) is 1. The minimum absolute atomic E-state index is 0.411. The van der Waals surface area contributed by atoms with Gasteiger partial charge in [-0.2, -0.15) is 0 Å². The Morgan fingerprint density at radius 1 is 1.14 bits per heavy atom. The van der Waals surface area contributed by atoms with Gasteiger partial charge in [-0.25, -0.2) is 0 Å². The fraction of sp³-hybridized carbons (Fsp3) is 0.538. The monoisotopic (exact) mass is 188 g/mol. The Balaban J connectivity index is 1.93. The van der Waals surface area contributed by atoms with E-state index in [1.54, 1.807) is 0 Å². The van der Waals surface area contributed by atoms with Gasteiger partial charge in [0.25, 0.3) is 0 Å². The molecule has 0 bridgehead atoms. The molecule has 0 N–H and O–H groups in total. The van der Waals surface area contributed by atoms with Gasteiger partial charge in [0.15, 0.2) is 0 Å². The van der Waals surface area contributed by atoms with E-state index < -0.39 is 0 Å². The van der Waals surface area contributed by atoms with Gasteiger partial charge >= 0.3 is 0 Å². The van der Waals surface area contributed by atoms with Gasteiger partial charge in [-0.15, -0.1) is 0 Å². The van der Waals surface area contributed by atoms with Crippen LogP contribution in [0.4, 0.5) is 0 Å². The fourth-order valence-corrected chi connectivity index (χ4v) is 2.56. The van der Waals surface area contributed by atoms with Crippen LogP contribution in [0, 0.1) is 5.92 Å². The van der Waals surface area contributed by atoms with Crippen molar-refractivity contribution in [3.05, 3.63) is 35.4 Å². The zero-order valence-electron chi connectivity index (χ0n) is 8.41. The topological polar surface area (TPSA) is 9.23 Å². The number of rotatable bonds is 1. The molecule has 1 heterocycles. The van der Waals surface area contributed by atoms with Crippen molar-refractivity contribution < 1.29 is 4.74 Å². The second-order valence-electron chi connectivity index (χ2n) is 4.43. The highest BCUT2D eigenvalue weighted by Gasteiger charge is 2.32. The summed E-state index contributed by atoms with van der Waals surface area (Å²) in [6.07, 6.45) is 5.62. The summed E-state index contributed by atoms with van der Waals surface area (Å²) < 4.78 is 5.91. The number of hydrogen-bond donors (Lipinski definition) is 0. The maximum atomic E-state index is 5.91. The van der Waals surface area contributed by atoms with Crippen molar-refractivity contribution in [1.82, 2.24) is 0 Å². The molecule has 14 heavy (non-hydrogen) atoms. The summed E-state index contributed by atoms with van der Waals surface area (Å²) in [5, 5.41) is 0. The van der Waals surface area contributed by atoms with Crippen molar-refractivity contribution in [2.24, 2.45) is 5.92 Å². The standard InChI is InChI=1S/C13H16O/c1-2-7-12-10(4-1)8-9-14-13(12)11-5-3-6-11/h1-2,4,7,11,13H,3,5-6,8-9H2/t13-/m0/s1. The van der Waals surface area contributed by atoms with Crippen molar-refractivity contribution in [3.8, 4) is 0 Å². The average molecular weight is 188 g/mol. The van der Waals surface area contributed by atoms with E-state index in [0.29, 0.717) is 6.10 Å². The van der Waals surface area contributed by atoms with Crippen LogP contribution in [0.1, 0.15) is 36.5 Å². The minimum Gasteiger partial charge on any atom is -0.373 e. The molecular formula is C13H16O. The van der Waals surface area contributed by atoms with E-state index in [4.69, 9.17) is 4.74 Å². The van der Waals surface area contributed by atoms with Gasteiger partial charge in [0.05, 0.1) is 12.7 Å². The first-order valence-electron chi connectivity index (χ1n) is 5.64. The molecule has 0 radical (unpaired) electrons. The SMILES string of the molecule is c1ccc2c(c1)CCO[C@H]2C1CCC1. The van der Waals surface area contributed by atoms with Crippen LogP contribution >= 0.6 is 0 Å². The van der Waals surface area contributed by atoms with Crippen molar-refractivity contribution in [2.45, 2.75) is 31.8 Å². The van der Waals surface area contributed by atoms with E-state index in [9.17, 15) is 0 Å². The predicted octanol–water partition coefficient (Wildman–Crippen LogP) is 3.10. The molecule has 1 saturated carbocycles. The third kappa shape index (κ3) is 1.27. The molecule has 1 aromatic carbocycles. The van der Waals surface area contributed by atoms with Gasteiger partial charge in [-0.1, -0.05) is 30.7 Å². The molecule has 2 aliphatic rings. The Morgan fingerprint density at radius 2 is 2.00 bits per heavy atom. The molecular weight excluding hydrogens is 172 g/mol. The molecule has 1 atom stereocenters. The minimum atomic E-state index is 0.411. The Kier molecular flexibility index (Phi) is 2.06. The van der Waals surface area contributed by atoms with Gasteiger partial charge in [-0.05, 0) is 36.3 Å². The summed E-state index contributed by atoms with van der Waals surface area (Å²) in [6, 6.07) is 8.78. The molecule has 1 heteroatoms. The van der Waals surface area contributed by atoms with Gasteiger partial charge in [0.2, 0.25) is 0 Å². The maximum Gasteiger partial charge on any atom is 0.0855 e. The van der Waals surface area contributed by atoms with Crippen LogP contribution < -0.4 is 0 Å². The van der Waals surface area contributed by atoms with Crippen LogP contribution in [-0.4, -0.2) is 6.61 Å². The first-order chi connectivity index (χ1) is 6.95. The third-order valence-corrected chi connectivity index (χ3v) is 3.61. The second kappa shape index (κ2) is 3.39. The molecule has 0 saturated heterocycles. The molecule has 0 spiro atoms. The smallest absolute Gasteiger partial charge is 0.0855 e. The third-order valence-electron chi connectivity index (χ3n) is 3.61. The van der Waals surface area contributed by atoms with Crippen LogP contribution in [0.25, 0.3) is 0 Å². The maximum absolute atomic E-state index is 5.91.